The highest BCUT2D eigenvalue weighted by molar-refractivity contribution is 6.29. The zero-order valence-corrected chi connectivity index (χ0v) is 13.4. The number of benzene rings is 1. The Bertz CT molecular complexity index is 596. The summed E-state index contributed by atoms with van der Waals surface area (Å²) in [6.07, 6.45) is -0.407. The van der Waals surface area contributed by atoms with Gasteiger partial charge in [0.05, 0.1) is 6.54 Å². The van der Waals surface area contributed by atoms with Crippen LogP contribution in [0, 0.1) is 5.92 Å². The molecule has 0 saturated carbocycles. The fraction of sp³-hybridized carbons (Fsp3) is 0.375. The smallest absolute Gasteiger partial charge is 0.406 e. The summed E-state index contributed by atoms with van der Waals surface area (Å²) in [5.41, 5.74) is 7.48. The first-order valence-electron chi connectivity index (χ1n) is 7.14. The Balaban J connectivity index is 1.89. The highest BCUT2D eigenvalue weighted by Gasteiger charge is 2.30. The summed E-state index contributed by atoms with van der Waals surface area (Å²) >= 11 is 6.14. The van der Waals surface area contributed by atoms with Crippen molar-refractivity contribution in [2.75, 3.05) is 13.1 Å². The van der Waals surface area contributed by atoms with Crippen LogP contribution >= 0.6 is 11.6 Å². The Labute approximate surface area is 138 Å². The van der Waals surface area contributed by atoms with E-state index in [-0.39, 0.29) is 11.7 Å². The summed E-state index contributed by atoms with van der Waals surface area (Å²) < 4.78 is 40.2. The van der Waals surface area contributed by atoms with Gasteiger partial charge in [0.25, 0.3) is 0 Å². The van der Waals surface area contributed by atoms with Crippen molar-refractivity contribution in [2.45, 2.75) is 19.7 Å². The Morgan fingerprint density at radius 2 is 1.91 bits per heavy atom. The number of alkyl halides is 3. The lowest BCUT2D eigenvalue weighted by molar-refractivity contribution is -0.274. The Hall–Kier alpha value is -1.82. The lowest BCUT2D eigenvalue weighted by Crippen LogP contribution is -2.32. The first-order chi connectivity index (χ1) is 10.7. The summed E-state index contributed by atoms with van der Waals surface area (Å²) in [7, 11) is 0. The normalized spacial score (nSPS) is 16.7. The van der Waals surface area contributed by atoms with Crippen LogP contribution in [0.4, 0.5) is 13.2 Å². The molecule has 0 radical (unpaired) electrons. The zero-order valence-electron chi connectivity index (χ0n) is 12.6. The highest BCUT2D eigenvalue weighted by Crippen LogP contribution is 2.24. The predicted molar refractivity (Wildman–Crippen MR) is 83.8 cm³/mol. The number of allylic oxidation sites excluding steroid dienone is 2. The summed E-state index contributed by atoms with van der Waals surface area (Å²) in [6, 6.07) is 5.92. The molecule has 0 aromatic heterocycles. The van der Waals surface area contributed by atoms with E-state index < -0.39 is 6.36 Å². The van der Waals surface area contributed by atoms with Gasteiger partial charge in [0.15, 0.2) is 0 Å². The number of rotatable bonds is 5. The minimum absolute atomic E-state index is 0.214. The van der Waals surface area contributed by atoms with Crippen molar-refractivity contribution in [2.24, 2.45) is 11.7 Å². The van der Waals surface area contributed by atoms with Crippen LogP contribution in [0.1, 0.15) is 12.5 Å². The first kappa shape index (κ1) is 17.5. The van der Waals surface area contributed by atoms with E-state index in [9.17, 15) is 13.2 Å². The van der Waals surface area contributed by atoms with Crippen molar-refractivity contribution in [1.29, 1.82) is 0 Å². The van der Waals surface area contributed by atoms with E-state index in [0.29, 0.717) is 18.2 Å². The van der Waals surface area contributed by atoms with Crippen LogP contribution in [0.15, 0.2) is 47.3 Å². The summed E-state index contributed by atoms with van der Waals surface area (Å²) in [5.74, 6) is 0.0475. The van der Waals surface area contributed by atoms with Gasteiger partial charge in [-0.3, -0.25) is 0 Å². The molecule has 1 aromatic carbocycles. The van der Waals surface area contributed by atoms with E-state index in [1.165, 1.54) is 12.1 Å². The fourth-order valence-corrected chi connectivity index (χ4v) is 2.64. The van der Waals surface area contributed by atoms with Gasteiger partial charge in [-0.15, -0.1) is 13.2 Å². The van der Waals surface area contributed by atoms with Crippen LogP contribution < -0.4 is 10.5 Å². The molecule has 0 spiro atoms. The Morgan fingerprint density at radius 1 is 1.26 bits per heavy atom. The molecule has 23 heavy (non-hydrogen) atoms. The quantitative estimate of drug-likeness (QED) is 0.819. The van der Waals surface area contributed by atoms with Gasteiger partial charge < -0.3 is 15.4 Å². The van der Waals surface area contributed by atoms with Crippen molar-refractivity contribution in [3.63, 3.8) is 0 Å². The van der Waals surface area contributed by atoms with Crippen LogP contribution in [0.25, 0.3) is 0 Å². The fourth-order valence-electron chi connectivity index (χ4n) is 2.45. The summed E-state index contributed by atoms with van der Waals surface area (Å²) in [5, 5.41) is 0.639. The Morgan fingerprint density at radius 3 is 2.52 bits per heavy atom. The molecule has 0 aliphatic carbocycles. The Kier molecular flexibility index (Phi) is 5.46. The lowest BCUT2D eigenvalue weighted by Gasteiger charge is -2.29. The number of nitrogens with zero attached hydrogens (tertiary/aromatic N) is 1. The molecule has 1 unspecified atom stereocenters. The molecule has 3 nitrogen and oxygen atoms in total. The second-order valence-electron chi connectivity index (χ2n) is 5.61. The van der Waals surface area contributed by atoms with E-state index in [0.717, 1.165) is 17.7 Å². The second kappa shape index (κ2) is 7.17. The minimum atomic E-state index is -4.67. The first-order valence-corrected chi connectivity index (χ1v) is 7.52. The average molecular weight is 347 g/mol. The second-order valence-corrected chi connectivity index (χ2v) is 6.00. The van der Waals surface area contributed by atoms with Crippen molar-refractivity contribution >= 4 is 11.6 Å². The van der Waals surface area contributed by atoms with Gasteiger partial charge in [-0.05, 0) is 42.2 Å². The third kappa shape index (κ3) is 5.71. The molecule has 0 bridgehead atoms. The molecule has 1 aromatic rings. The number of hydrogen-bond donors (Lipinski definition) is 1. The maximum atomic E-state index is 12.1. The number of hydrogen-bond acceptors (Lipinski definition) is 3. The van der Waals surface area contributed by atoms with Crippen molar-refractivity contribution in [3.05, 3.63) is 52.8 Å². The van der Waals surface area contributed by atoms with E-state index in [1.807, 2.05) is 4.90 Å². The largest absolute Gasteiger partial charge is 0.573 e. The van der Waals surface area contributed by atoms with E-state index in [2.05, 4.69) is 11.7 Å². The van der Waals surface area contributed by atoms with Crippen LogP contribution in [-0.4, -0.2) is 24.4 Å². The maximum Gasteiger partial charge on any atom is 0.573 e. The van der Waals surface area contributed by atoms with Crippen molar-refractivity contribution in [1.82, 2.24) is 4.90 Å². The average Bonchev–Trinajstić information content (AvgIpc) is 2.43. The van der Waals surface area contributed by atoms with E-state index in [1.54, 1.807) is 24.3 Å². The molecule has 0 saturated heterocycles. The van der Waals surface area contributed by atoms with Gasteiger partial charge >= 0.3 is 6.36 Å². The molecular weight excluding hydrogens is 329 g/mol. The molecule has 1 aliphatic heterocycles. The molecule has 0 amide bonds. The van der Waals surface area contributed by atoms with Crippen LogP contribution in [0.5, 0.6) is 5.75 Å². The van der Waals surface area contributed by atoms with Gasteiger partial charge in [-0.2, -0.15) is 0 Å². The van der Waals surface area contributed by atoms with Crippen LogP contribution in [0.2, 0.25) is 0 Å². The van der Waals surface area contributed by atoms with Gasteiger partial charge in [0.2, 0.25) is 0 Å². The van der Waals surface area contributed by atoms with Crippen LogP contribution in [0.3, 0.4) is 0 Å². The number of nitrogens with two attached hydrogens (primary N) is 1. The molecule has 2 N–H and O–H groups in total. The third-order valence-corrected chi connectivity index (χ3v) is 3.75. The van der Waals surface area contributed by atoms with E-state index >= 15 is 0 Å². The van der Waals surface area contributed by atoms with E-state index in [4.69, 9.17) is 17.3 Å². The summed E-state index contributed by atoms with van der Waals surface area (Å²) in [4.78, 5) is 1.97. The lowest BCUT2D eigenvalue weighted by atomic mass is 10.0. The van der Waals surface area contributed by atoms with Gasteiger partial charge in [0.1, 0.15) is 10.9 Å². The third-order valence-electron chi connectivity index (χ3n) is 3.38. The summed E-state index contributed by atoms with van der Waals surface area (Å²) in [6.45, 7) is 3.35. The maximum absolute atomic E-state index is 12.1. The van der Waals surface area contributed by atoms with Gasteiger partial charge in [-0.1, -0.05) is 30.7 Å². The monoisotopic (exact) mass is 346 g/mol. The standard InChI is InChI=1S/C16H18ClF3N2O/c1-11(9-22-10-13(21)4-7-15(22)17)8-12-2-5-14(6-3-12)23-16(18,19)20/h2-7,11H,8-10,21H2,1H3. The van der Waals surface area contributed by atoms with Crippen molar-refractivity contribution in [3.8, 4) is 5.75 Å². The molecule has 1 aliphatic rings. The zero-order chi connectivity index (χ0) is 17.0. The minimum Gasteiger partial charge on any atom is -0.406 e. The molecular formula is C16H18ClF3N2O. The van der Waals surface area contributed by atoms with Crippen LogP contribution in [-0.2, 0) is 6.42 Å². The molecule has 1 atom stereocenters. The molecule has 1 heterocycles. The SMILES string of the molecule is CC(Cc1ccc(OC(F)(F)F)cc1)CN1CC(N)=CC=C1Cl. The predicted octanol–water partition coefficient (Wildman–Crippen LogP) is 4.00. The van der Waals surface area contributed by atoms with Crippen molar-refractivity contribution < 1.29 is 17.9 Å². The molecule has 0 fully saturated rings. The van der Waals surface area contributed by atoms with Gasteiger partial charge in [-0.25, -0.2) is 0 Å². The molecule has 126 valence electrons. The molecule has 2 rings (SSSR count). The molecule has 7 heteroatoms. The topological polar surface area (TPSA) is 38.5 Å². The number of halogens is 4. The van der Waals surface area contributed by atoms with Gasteiger partial charge in [0, 0.05) is 12.2 Å². The number of ether oxygens (including phenoxy) is 1. The highest BCUT2D eigenvalue weighted by atomic mass is 35.5.